The number of carbonyl (C=O) groups excluding carboxylic acids is 2. The highest BCUT2D eigenvalue weighted by molar-refractivity contribution is 7.92. The Balaban J connectivity index is 1.47. The summed E-state index contributed by atoms with van der Waals surface area (Å²) in [6.07, 6.45) is 0. The molecule has 0 spiro atoms. The van der Waals surface area contributed by atoms with E-state index >= 15 is 0 Å². The first-order chi connectivity index (χ1) is 17.2. The van der Waals surface area contributed by atoms with E-state index in [4.69, 9.17) is 0 Å². The first kappa shape index (κ1) is 24.6. The molecular weight excluding hydrogens is 478 g/mol. The summed E-state index contributed by atoms with van der Waals surface area (Å²) in [6, 6.07) is 22.7. The molecule has 3 aromatic carbocycles. The molecule has 0 saturated heterocycles. The van der Waals surface area contributed by atoms with Crippen LogP contribution in [-0.2, 0) is 10.0 Å². The molecule has 0 aliphatic heterocycles. The van der Waals surface area contributed by atoms with Gasteiger partial charge in [-0.3, -0.25) is 9.59 Å². The number of nitrogens with one attached hydrogen (secondary N) is 3. The maximum Gasteiger partial charge on any atom is 0.264 e. The summed E-state index contributed by atoms with van der Waals surface area (Å²) in [5.41, 5.74) is 2.72. The van der Waals surface area contributed by atoms with Crippen molar-refractivity contribution in [2.24, 2.45) is 0 Å². The molecule has 9 nitrogen and oxygen atoms in total. The molecule has 3 N–H and O–H groups in total. The number of rotatable bonds is 7. The van der Waals surface area contributed by atoms with E-state index in [1.165, 1.54) is 24.3 Å². The van der Waals surface area contributed by atoms with Crippen LogP contribution in [0.2, 0.25) is 0 Å². The highest BCUT2D eigenvalue weighted by atomic mass is 32.2. The largest absolute Gasteiger partial charge is 0.322 e. The molecule has 0 aliphatic rings. The van der Waals surface area contributed by atoms with Gasteiger partial charge in [-0.25, -0.2) is 23.1 Å². The van der Waals surface area contributed by atoms with Gasteiger partial charge in [0.05, 0.1) is 16.1 Å². The number of benzene rings is 3. The lowest BCUT2D eigenvalue weighted by Crippen LogP contribution is -2.18. The lowest BCUT2D eigenvalue weighted by molar-refractivity contribution is 0.102. The number of hydrogen-bond donors (Lipinski definition) is 3. The van der Waals surface area contributed by atoms with Crippen LogP contribution in [0, 0.1) is 13.8 Å². The highest BCUT2D eigenvalue weighted by Crippen LogP contribution is 2.21. The number of anilines is 3. The van der Waals surface area contributed by atoms with Crippen molar-refractivity contribution in [3.63, 3.8) is 0 Å². The molecule has 0 atom stereocenters. The van der Waals surface area contributed by atoms with Gasteiger partial charge in [0.2, 0.25) is 5.95 Å². The topological polar surface area (TPSA) is 130 Å². The second kappa shape index (κ2) is 10.4. The molecule has 0 fully saturated rings. The van der Waals surface area contributed by atoms with Crippen molar-refractivity contribution in [2.45, 2.75) is 18.7 Å². The third-order valence-electron chi connectivity index (χ3n) is 5.09. The number of sulfonamides is 1. The summed E-state index contributed by atoms with van der Waals surface area (Å²) in [5.74, 6) is -0.818. The van der Waals surface area contributed by atoms with Crippen LogP contribution in [0.15, 0.2) is 89.8 Å². The number of para-hydroxylation sites is 1. The smallest absolute Gasteiger partial charge is 0.264 e. The summed E-state index contributed by atoms with van der Waals surface area (Å²) >= 11 is 0. The van der Waals surface area contributed by atoms with Crippen LogP contribution in [0.5, 0.6) is 0 Å². The van der Waals surface area contributed by atoms with Crippen LogP contribution < -0.4 is 15.4 Å². The fraction of sp³-hybridized carbons (Fsp3) is 0.0769. The molecule has 10 heteroatoms. The summed E-state index contributed by atoms with van der Waals surface area (Å²) in [5, 5.41) is 5.48. The second-order valence-corrected chi connectivity index (χ2v) is 9.61. The molecule has 0 radical (unpaired) electrons. The average molecular weight is 502 g/mol. The molecule has 4 rings (SSSR count). The van der Waals surface area contributed by atoms with Crippen molar-refractivity contribution in [3.8, 4) is 0 Å². The lowest BCUT2D eigenvalue weighted by Gasteiger charge is -2.12. The highest BCUT2D eigenvalue weighted by Gasteiger charge is 2.18. The Bertz CT molecular complexity index is 1500. The van der Waals surface area contributed by atoms with Crippen molar-refractivity contribution in [1.29, 1.82) is 0 Å². The Morgan fingerprint density at radius 2 is 1.33 bits per heavy atom. The summed E-state index contributed by atoms with van der Waals surface area (Å²) in [7, 11) is -3.93. The number of aromatic nitrogens is 2. The van der Waals surface area contributed by atoms with Crippen molar-refractivity contribution in [1.82, 2.24) is 9.97 Å². The zero-order valence-corrected chi connectivity index (χ0v) is 20.3. The summed E-state index contributed by atoms with van der Waals surface area (Å²) in [4.78, 5) is 33.6. The van der Waals surface area contributed by atoms with Crippen molar-refractivity contribution < 1.29 is 18.0 Å². The molecule has 0 unspecified atom stereocenters. The van der Waals surface area contributed by atoms with Gasteiger partial charge < -0.3 is 10.6 Å². The van der Waals surface area contributed by atoms with Crippen LogP contribution in [-0.4, -0.2) is 30.2 Å². The predicted octanol–water partition coefficient (Wildman–Crippen LogP) is 4.40. The van der Waals surface area contributed by atoms with Gasteiger partial charge >= 0.3 is 0 Å². The molecule has 36 heavy (non-hydrogen) atoms. The van der Waals surface area contributed by atoms with Crippen molar-refractivity contribution in [2.75, 3.05) is 15.4 Å². The van der Waals surface area contributed by atoms with Gasteiger partial charge in [0.1, 0.15) is 0 Å². The molecule has 2 amide bonds. The quantitative estimate of drug-likeness (QED) is 0.344. The molecule has 1 heterocycles. The number of aryl methyl sites for hydroxylation is 2. The number of nitrogens with zero attached hydrogens (tertiary/aromatic N) is 2. The fourth-order valence-electron chi connectivity index (χ4n) is 3.44. The van der Waals surface area contributed by atoms with Crippen molar-refractivity contribution in [3.05, 3.63) is 107 Å². The van der Waals surface area contributed by atoms with E-state index in [1.54, 1.807) is 68.4 Å². The van der Waals surface area contributed by atoms with E-state index in [0.29, 0.717) is 28.3 Å². The third-order valence-corrected chi connectivity index (χ3v) is 6.43. The number of hydrogen-bond acceptors (Lipinski definition) is 6. The van der Waals surface area contributed by atoms with Crippen LogP contribution in [0.4, 0.5) is 17.3 Å². The van der Waals surface area contributed by atoms with E-state index in [1.807, 2.05) is 6.07 Å². The van der Waals surface area contributed by atoms with Crippen LogP contribution >= 0.6 is 0 Å². The maximum absolute atomic E-state index is 12.9. The Morgan fingerprint density at radius 3 is 2.00 bits per heavy atom. The van der Waals surface area contributed by atoms with Crippen molar-refractivity contribution >= 4 is 39.2 Å². The Morgan fingerprint density at radius 1 is 0.722 bits per heavy atom. The van der Waals surface area contributed by atoms with Gasteiger partial charge in [0.15, 0.2) is 0 Å². The number of carbonyl (C=O) groups is 2. The van der Waals surface area contributed by atoms with Crippen LogP contribution in [0.1, 0.15) is 32.1 Å². The standard InChI is InChI=1S/C26H23N5O4S/c1-17-16-18(2)28-26(27-17)31-36(34,35)21-14-12-20(13-15-21)29-25(33)22-10-6-7-11-23(22)30-24(32)19-8-4-3-5-9-19/h3-16H,1-2H3,(H,29,33)(H,30,32)(H,27,28,31). The minimum absolute atomic E-state index is 0.0148. The fourth-order valence-corrected chi connectivity index (χ4v) is 4.38. The second-order valence-electron chi connectivity index (χ2n) is 7.92. The van der Waals surface area contributed by atoms with Gasteiger partial charge in [-0.05, 0) is 68.4 Å². The summed E-state index contributed by atoms with van der Waals surface area (Å²) < 4.78 is 27.8. The minimum atomic E-state index is -3.93. The molecule has 4 aromatic rings. The van der Waals surface area contributed by atoms with Gasteiger partial charge in [-0.15, -0.1) is 0 Å². The van der Waals surface area contributed by atoms with Crippen LogP contribution in [0.25, 0.3) is 0 Å². The Hall–Kier alpha value is -4.57. The summed E-state index contributed by atoms with van der Waals surface area (Å²) in [6.45, 7) is 3.49. The van der Waals surface area contributed by atoms with E-state index in [-0.39, 0.29) is 22.3 Å². The molecule has 0 aliphatic carbocycles. The average Bonchev–Trinajstić information content (AvgIpc) is 2.84. The molecule has 0 saturated carbocycles. The molecule has 0 bridgehead atoms. The normalized spacial score (nSPS) is 10.9. The monoisotopic (exact) mass is 501 g/mol. The molecule has 1 aromatic heterocycles. The first-order valence-corrected chi connectivity index (χ1v) is 12.4. The van der Waals surface area contributed by atoms with E-state index in [0.717, 1.165) is 0 Å². The SMILES string of the molecule is Cc1cc(C)nc(NS(=O)(=O)c2ccc(NC(=O)c3ccccc3NC(=O)c3ccccc3)cc2)n1. The van der Waals surface area contributed by atoms with E-state index in [2.05, 4.69) is 25.3 Å². The van der Waals surface area contributed by atoms with Gasteiger partial charge in [0, 0.05) is 22.6 Å². The van der Waals surface area contributed by atoms with Gasteiger partial charge in [-0.2, -0.15) is 0 Å². The zero-order chi connectivity index (χ0) is 25.7. The number of amides is 2. The lowest BCUT2D eigenvalue weighted by atomic mass is 10.1. The minimum Gasteiger partial charge on any atom is -0.322 e. The molecular formula is C26H23N5O4S. The third kappa shape index (κ3) is 5.91. The first-order valence-electron chi connectivity index (χ1n) is 10.9. The Kier molecular flexibility index (Phi) is 7.07. The zero-order valence-electron chi connectivity index (χ0n) is 19.5. The van der Waals surface area contributed by atoms with E-state index < -0.39 is 15.9 Å². The van der Waals surface area contributed by atoms with Gasteiger partial charge in [-0.1, -0.05) is 30.3 Å². The van der Waals surface area contributed by atoms with Gasteiger partial charge in [0.25, 0.3) is 21.8 Å². The van der Waals surface area contributed by atoms with Crippen LogP contribution in [0.3, 0.4) is 0 Å². The molecule has 182 valence electrons. The predicted molar refractivity (Wildman–Crippen MR) is 138 cm³/mol. The van der Waals surface area contributed by atoms with E-state index in [9.17, 15) is 18.0 Å². The Labute approximate surface area is 208 Å². The maximum atomic E-state index is 12.9.